The molecular weight excluding hydrogens is 408 g/mol. The Morgan fingerprint density at radius 1 is 1.00 bits per heavy atom. The molecule has 2 bridgehead atoms. The molecule has 2 fully saturated rings. The maximum Gasteiger partial charge on any atom is 0.269 e. The van der Waals surface area contributed by atoms with Crippen molar-refractivity contribution in [1.82, 2.24) is 0 Å². The summed E-state index contributed by atoms with van der Waals surface area (Å²) >= 11 is 0. The van der Waals surface area contributed by atoms with Crippen LogP contribution in [0, 0.1) is 33.3 Å². The second-order valence-electron chi connectivity index (χ2n) is 9.39. The van der Waals surface area contributed by atoms with Crippen molar-refractivity contribution in [3.8, 4) is 0 Å². The highest BCUT2D eigenvalue weighted by Crippen LogP contribution is 2.69. The molecule has 8 heteroatoms. The van der Waals surface area contributed by atoms with E-state index < -0.39 is 21.2 Å². The first kappa shape index (κ1) is 21.7. The molecule has 2 aromatic rings. The van der Waals surface area contributed by atoms with E-state index in [1.807, 2.05) is 52.0 Å². The van der Waals surface area contributed by atoms with Crippen LogP contribution in [0.3, 0.4) is 0 Å². The highest BCUT2D eigenvalue weighted by molar-refractivity contribution is 6.51. The molecule has 32 heavy (non-hydrogen) atoms. The highest BCUT2D eigenvalue weighted by atomic mass is 16.6. The van der Waals surface area contributed by atoms with E-state index in [9.17, 15) is 19.7 Å². The fourth-order valence-corrected chi connectivity index (χ4v) is 5.13. The summed E-state index contributed by atoms with van der Waals surface area (Å²) in [5.74, 6) is -0.573. The number of fused-ring (bicyclic) bond motifs is 2. The Morgan fingerprint density at radius 3 is 2.19 bits per heavy atom. The normalized spacial score (nSPS) is 26.9. The van der Waals surface area contributed by atoms with Crippen LogP contribution in [0.4, 0.5) is 17.1 Å². The monoisotopic (exact) mass is 434 g/mol. The van der Waals surface area contributed by atoms with Gasteiger partial charge in [0.15, 0.2) is 5.78 Å². The molecule has 1 amide bonds. The lowest BCUT2D eigenvalue weighted by Crippen LogP contribution is -2.47. The molecule has 2 aliphatic carbocycles. The van der Waals surface area contributed by atoms with E-state index in [0.29, 0.717) is 29.9 Å². The van der Waals surface area contributed by atoms with Gasteiger partial charge in [-0.3, -0.25) is 25.1 Å². The summed E-state index contributed by atoms with van der Waals surface area (Å²) in [6.45, 7) is 7.87. The number of carbonyl (C=O) groups is 2. The lowest BCUT2D eigenvalue weighted by molar-refractivity contribution is -0.384. The number of rotatable bonds is 5. The molecule has 2 atom stereocenters. The van der Waals surface area contributed by atoms with Crippen molar-refractivity contribution in [2.75, 3.05) is 10.7 Å². The van der Waals surface area contributed by atoms with Crippen molar-refractivity contribution in [2.45, 2.75) is 40.5 Å². The van der Waals surface area contributed by atoms with E-state index in [1.54, 1.807) is 0 Å². The number of ketones is 1. The fourth-order valence-electron chi connectivity index (χ4n) is 5.13. The van der Waals surface area contributed by atoms with Crippen LogP contribution in [-0.4, -0.2) is 22.3 Å². The quantitative estimate of drug-likeness (QED) is 0.402. The molecule has 0 aromatic heterocycles. The standard InChI is InChI=1S/C24H26N4O4/c1-15-5-7-16(8-6-15)25-21(30)24-14-13-23(4,22(24,2)3)19(20(24)29)27-26-17-9-11-18(12-10-17)28(31)32/h5-12,26H,13-14H2,1-4H3,(H,25,30). The Morgan fingerprint density at radius 2 is 1.59 bits per heavy atom. The van der Waals surface area contributed by atoms with Gasteiger partial charge in [0, 0.05) is 23.2 Å². The van der Waals surface area contributed by atoms with Crippen LogP contribution in [0.15, 0.2) is 53.6 Å². The minimum atomic E-state index is -1.21. The molecule has 8 nitrogen and oxygen atoms in total. The Balaban J connectivity index is 1.64. The molecule has 0 saturated heterocycles. The lowest BCUT2D eigenvalue weighted by atomic mass is 9.64. The number of aryl methyl sites for hydroxylation is 1. The number of nitro benzene ring substituents is 1. The summed E-state index contributed by atoms with van der Waals surface area (Å²) < 4.78 is 0. The molecule has 2 saturated carbocycles. The smallest absolute Gasteiger partial charge is 0.269 e. The van der Waals surface area contributed by atoms with E-state index in [2.05, 4.69) is 15.8 Å². The predicted molar refractivity (Wildman–Crippen MR) is 123 cm³/mol. The molecule has 166 valence electrons. The van der Waals surface area contributed by atoms with Gasteiger partial charge in [0.2, 0.25) is 5.91 Å². The first-order valence-electron chi connectivity index (χ1n) is 10.5. The number of anilines is 2. The van der Waals surface area contributed by atoms with Gasteiger partial charge in [-0.2, -0.15) is 5.10 Å². The number of nitrogens with zero attached hydrogens (tertiary/aromatic N) is 2. The molecular formula is C24H26N4O4. The Labute approximate surface area is 186 Å². The number of hydrogen-bond donors (Lipinski definition) is 2. The van der Waals surface area contributed by atoms with Gasteiger partial charge in [0.25, 0.3) is 5.69 Å². The van der Waals surface area contributed by atoms with Crippen molar-refractivity contribution in [1.29, 1.82) is 0 Å². The first-order valence-corrected chi connectivity index (χ1v) is 10.5. The van der Waals surface area contributed by atoms with Crippen LogP contribution in [0.2, 0.25) is 0 Å². The number of non-ortho nitro benzene ring substituents is 1. The summed E-state index contributed by atoms with van der Waals surface area (Å²) in [7, 11) is 0. The minimum absolute atomic E-state index is 0.0287. The van der Waals surface area contributed by atoms with Gasteiger partial charge < -0.3 is 5.32 Å². The summed E-state index contributed by atoms with van der Waals surface area (Å²) in [6.07, 6.45) is 1.12. The Hall–Kier alpha value is -3.55. The zero-order valence-corrected chi connectivity index (χ0v) is 18.6. The summed E-state index contributed by atoms with van der Waals surface area (Å²) in [5, 5.41) is 18.2. The van der Waals surface area contributed by atoms with Crippen molar-refractivity contribution < 1.29 is 14.5 Å². The Bertz CT molecular complexity index is 1140. The number of hydrogen-bond acceptors (Lipinski definition) is 6. The summed E-state index contributed by atoms with van der Waals surface area (Å²) in [6, 6.07) is 13.3. The van der Waals surface area contributed by atoms with E-state index in [1.165, 1.54) is 24.3 Å². The van der Waals surface area contributed by atoms with Crippen molar-refractivity contribution >= 4 is 34.5 Å². The van der Waals surface area contributed by atoms with Crippen molar-refractivity contribution in [3.63, 3.8) is 0 Å². The largest absolute Gasteiger partial charge is 0.325 e. The first-order chi connectivity index (χ1) is 15.0. The van der Waals surface area contributed by atoms with Gasteiger partial charge in [0.05, 0.1) is 10.6 Å². The van der Waals surface area contributed by atoms with Crippen LogP contribution in [0.5, 0.6) is 0 Å². The maximum absolute atomic E-state index is 13.6. The zero-order chi connectivity index (χ0) is 23.3. The van der Waals surface area contributed by atoms with Gasteiger partial charge >= 0.3 is 0 Å². The van der Waals surface area contributed by atoms with Gasteiger partial charge in [0.1, 0.15) is 11.1 Å². The third kappa shape index (κ3) is 2.93. The number of nitro groups is 1. The van der Waals surface area contributed by atoms with E-state index >= 15 is 0 Å². The van der Waals surface area contributed by atoms with Crippen LogP contribution < -0.4 is 10.7 Å². The van der Waals surface area contributed by atoms with Gasteiger partial charge in [-0.25, -0.2) is 0 Å². The highest BCUT2D eigenvalue weighted by Gasteiger charge is 2.76. The Kier molecular flexibility index (Phi) is 4.91. The molecule has 0 heterocycles. The average molecular weight is 434 g/mol. The summed E-state index contributed by atoms with van der Waals surface area (Å²) in [4.78, 5) is 37.5. The second kappa shape index (κ2) is 7.25. The fraction of sp³-hybridized carbons (Fsp3) is 0.375. The zero-order valence-electron chi connectivity index (χ0n) is 18.6. The number of carbonyl (C=O) groups excluding carboxylic acids is 2. The maximum atomic E-state index is 13.6. The molecule has 2 aromatic carbocycles. The third-order valence-corrected chi connectivity index (χ3v) is 7.64. The number of Topliss-reactive ketones (excluding diaryl/α,β-unsaturated/α-hetero) is 1. The molecule has 0 spiro atoms. The molecule has 2 unspecified atom stereocenters. The lowest BCUT2D eigenvalue weighted by Gasteiger charge is -2.37. The topological polar surface area (TPSA) is 114 Å². The third-order valence-electron chi connectivity index (χ3n) is 7.64. The molecule has 2 aliphatic rings. The van der Waals surface area contributed by atoms with Crippen LogP contribution >= 0.6 is 0 Å². The van der Waals surface area contributed by atoms with Crippen molar-refractivity contribution in [3.05, 3.63) is 64.2 Å². The van der Waals surface area contributed by atoms with Gasteiger partial charge in [-0.05, 0) is 49.4 Å². The molecule has 0 aliphatic heterocycles. The van der Waals surface area contributed by atoms with Crippen LogP contribution in [-0.2, 0) is 9.59 Å². The average Bonchev–Trinajstić information content (AvgIpc) is 3.03. The van der Waals surface area contributed by atoms with E-state index in [0.717, 1.165) is 5.56 Å². The van der Waals surface area contributed by atoms with Gasteiger partial charge in [-0.15, -0.1) is 0 Å². The second-order valence-corrected chi connectivity index (χ2v) is 9.39. The number of benzene rings is 2. The van der Waals surface area contributed by atoms with E-state index in [4.69, 9.17) is 0 Å². The molecule has 0 radical (unpaired) electrons. The van der Waals surface area contributed by atoms with E-state index in [-0.39, 0.29) is 17.4 Å². The SMILES string of the molecule is Cc1ccc(NC(=O)C23CCC(C)(C(=NNc4ccc([N+](=O)[O-])cc4)C2=O)C3(C)C)cc1. The minimum Gasteiger partial charge on any atom is -0.325 e. The van der Waals surface area contributed by atoms with Gasteiger partial charge in [-0.1, -0.05) is 38.5 Å². The number of nitrogens with one attached hydrogen (secondary N) is 2. The number of hydrazone groups is 1. The predicted octanol–water partition coefficient (Wildman–Crippen LogP) is 4.71. The van der Waals surface area contributed by atoms with Crippen molar-refractivity contribution in [2.24, 2.45) is 21.3 Å². The van der Waals surface area contributed by atoms with Crippen LogP contribution in [0.1, 0.15) is 39.2 Å². The van der Waals surface area contributed by atoms with Crippen LogP contribution in [0.25, 0.3) is 0 Å². The molecule has 2 N–H and O–H groups in total. The number of amides is 1. The molecule has 4 rings (SSSR count). The summed E-state index contributed by atoms with van der Waals surface area (Å²) in [5.41, 5.74) is 3.01.